The topological polar surface area (TPSA) is 20.2 Å². The second-order valence-electron chi connectivity index (χ2n) is 4.00. The zero-order valence-corrected chi connectivity index (χ0v) is 11.2. The molecular formula is C14H15ClOS. The van der Waals surface area contributed by atoms with Gasteiger partial charge in [-0.15, -0.1) is 11.3 Å². The molecule has 2 aromatic rings. The van der Waals surface area contributed by atoms with E-state index in [1.165, 1.54) is 11.3 Å². The van der Waals surface area contributed by atoms with Crippen LogP contribution in [0.5, 0.6) is 0 Å². The van der Waals surface area contributed by atoms with Gasteiger partial charge in [-0.2, -0.15) is 0 Å². The third-order valence-corrected chi connectivity index (χ3v) is 4.39. The average molecular weight is 267 g/mol. The van der Waals surface area contributed by atoms with E-state index in [1.807, 2.05) is 29.6 Å². The van der Waals surface area contributed by atoms with Gasteiger partial charge in [0, 0.05) is 5.92 Å². The van der Waals surface area contributed by atoms with Crippen LogP contribution in [0.2, 0.25) is 5.02 Å². The minimum absolute atomic E-state index is 0.104. The summed E-state index contributed by atoms with van der Waals surface area (Å²) in [6.45, 7) is 2.09. The summed E-state index contributed by atoms with van der Waals surface area (Å²) in [6.07, 6.45) is 0.370. The highest BCUT2D eigenvalue weighted by Gasteiger charge is 2.23. The number of benzene rings is 1. The summed E-state index contributed by atoms with van der Waals surface area (Å²) in [5, 5.41) is 13.0. The van der Waals surface area contributed by atoms with Crippen molar-refractivity contribution >= 4 is 22.9 Å². The van der Waals surface area contributed by atoms with Gasteiger partial charge in [0.1, 0.15) is 0 Å². The lowest BCUT2D eigenvalue weighted by Crippen LogP contribution is -2.09. The standard InChI is InChI=1S/C14H15ClOS/c1-2-11(10-6-4-3-5-7-10)13(16)14-12(15)8-9-17-14/h3-9,11,13,16H,2H2,1H3. The highest BCUT2D eigenvalue weighted by molar-refractivity contribution is 7.10. The number of hydrogen-bond acceptors (Lipinski definition) is 2. The van der Waals surface area contributed by atoms with E-state index in [0.29, 0.717) is 5.02 Å². The molecule has 1 nitrogen and oxygen atoms in total. The fourth-order valence-electron chi connectivity index (χ4n) is 2.04. The van der Waals surface area contributed by atoms with E-state index in [0.717, 1.165) is 16.9 Å². The van der Waals surface area contributed by atoms with Gasteiger partial charge in [-0.3, -0.25) is 0 Å². The molecule has 0 aliphatic carbocycles. The summed E-state index contributed by atoms with van der Waals surface area (Å²) in [6, 6.07) is 11.9. The highest BCUT2D eigenvalue weighted by Crippen LogP contribution is 2.39. The number of thiophene rings is 1. The Morgan fingerprint density at radius 1 is 1.24 bits per heavy atom. The largest absolute Gasteiger partial charge is 0.387 e. The molecular weight excluding hydrogens is 252 g/mol. The van der Waals surface area contributed by atoms with E-state index in [1.54, 1.807) is 0 Å². The third kappa shape index (κ3) is 2.71. The monoisotopic (exact) mass is 266 g/mol. The van der Waals surface area contributed by atoms with Crippen LogP contribution in [-0.2, 0) is 0 Å². The predicted molar refractivity (Wildman–Crippen MR) is 73.8 cm³/mol. The van der Waals surface area contributed by atoms with Crippen LogP contribution < -0.4 is 0 Å². The quantitative estimate of drug-likeness (QED) is 0.856. The second kappa shape index (κ2) is 5.67. The van der Waals surface area contributed by atoms with Crippen LogP contribution in [-0.4, -0.2) is 5.11 Å². The zero-order valence-electron chi connectivity index (χ0n) is 9.64. The van der Waals surface area contributed by atoms with Crippen LogP contribution in [0.4, 0.5) is 0 Å². The smallest absolute Gasteiger partial charge is 0.0965 e. The second-order valence-corrected chi connectivity index (χ2v) is 5.36. The molecule has 0 aliphatic rings. The maximum atomic E-state index is 10.4. The summed E-state index contributed by atoms with van der Waals surface area (Å²) < 4.78 is 0. The maximum Gasteiger partial charge on any atom is 0.0965 e. The van der Waals surface area contributed by atoms with E-state index in [4.69, 9.17) is 11.6 Å². The van der Waals surface area contributed by atoms with Gasteiger partial charge in [-0.1, -0.05) is 48.9 Å². The Morgan fingerprint density at radius 3 is 2.47 bits per heavy atom. The predicted octanol–water partition coefficient (Wildman–Crippen LogP) is 4.63. The zero-order chi connectivity index (χ0) is 12.3. The number of rotatable bonds is 4. The van der Waals surface area contributed by atoms with Crippen LogP contribution in [0, 0.1) is 0 Å². The van der Waals surface area contributed by atoms with Gasteiger partial charge in [-0.05, 0) is 23.4 Å². The molecule has 0 radical (unpaired) electrons. The Labute approximate surface area is 111 Å². The van der Waals surface area contributed by atoms with Gasteiger partial charge in [0.15, 0.2) is 0 Å². The van der Waals surface area contributed by atoms with Crippen molar-refractivity contribution in [3.05, 3.63) is 57.2 Å². The number of hydrogen-bond donors (Lipinski definition) is 1. The van der Waals surface area contributed by atoms with Crippen LogP contribution in [0.25, 0.3) is 0 Å². The summed E-state index contributed by atoms with van der Waals surface area (Å²) >= 11 is 7.59. The van der Waals surface area contributed by atoms with Crippen LogP contribution in [0.15, 0.2) is 41.8 Å². The van der Waals surface area contributed by atoms with E-state index in [9.17, 15) is 5.11 Å². The van der Waals surface area contributed by atoms with Crippen molar-refractivity contribution in [3.8, 4) is 0 Å². The van der Waals surface area contributed by atoms with E-state index in [2.05, 4.69) is 19.1 Å². The van der Waals surface area contributed by atoms with Gasteiger partial charge in [0.05, 0.1) is 16.0 Å². The molecule has 3 heteroatoms. The summed E-state index contributed by atoms with van der Waals surface area (Å²) in [5.74, 6) is 0.104. The normalized spacial score (nSPS) is 14.5. The Morgan fingerprint density at radius 2 is 1.94 bits per heavy atom. The molecule has 0 bridgehead atoms. The van der Waals surface area contributed by atoms with Gasteiger partial charge >= 0.3 is 0 Å². The summed E-state index contributed by atoms with van der Waals surface area (Å²) in [5.41, 5.74) is 1.16. The first-order chi connectivity index (χ1) is 8.24. The van der Waals surface area contributed by atoms with Crippen molar-refractivity contribution in [2.45, 2.75) is 25.4 Å². The molecule has 0 saturated carbocycles. The minimum Gasteiger partial charge on any atom is -0.387 e. The molecule has 1 N–H and O–H groups in total. The van der Waals surface area contributed by atoms with Crippen molar-refractivity contribution in [1.29, 1.82) is 0 Å². The summed E-state index contributed by atoms with van der Waals surface area (Å²) in [7, 11) is 0. The molecule has 0 aliphatic heterocycles. The Hall–Kier alpha value is -0.830. The molecule has 2 unspecified atom stereocenters. The van der Waals surface area contributed by atoms with Crippen molar-refractivity contribution in [2.75, 3.05) is 0 Å². The molecule has 0 fully saturated rings. The molecule has 0 spiro atoms. The lowest BCUT2D eigenvalue weighted by Gasteiger charge is -2.21. The number of halogens is 1. The molecule has 1 aromatic carbocycles. The van der Waals surface area contributed by atoms with Gasteiger partial charge in [0.25, 0.3) is 0 Å². The molecule has 2 atom stereocenters. The minimum atomic E-state index is -0.519. The average Bonchev–Trinajstić information content (AvgIpc) is 2.77. The molecule has 0 amide bonds. The molecule has 1 heterocycles. The van der Waals surface area contributed by atoms with Crippen molar-refractivity contribution in [1.82, 2.24) is 0 Å². The SMILES string of the molecule is CCC(c1ccccc1)C(O)c1sccc1Cl. The van der Waals surface area contributed by atoms with E-state index >= 15 is 0 Å². The molecule has 17 heavy (non-hydrogen) atoms. The van der Waals surface area contributed by atoms with Crippen molar-refractivity contribution < 1.29 is 5.11 Å². The molecule has 1 aromatic heterocycles. The van der Waals surface area contributed by atoms with E-state index in [-0.39, 0.29) is 5.92 Å². The van der Waals surface area contributed by atoms with E-state index < -0.39 is 6.10 Å². The highest BCUT2D eigenvalue weighted by atomic mass is 35.5. The number of aliphatic hydroxyl groups excluding tert-OH is 1. The van der Waals surface area contributed by atoms with Crippen LogP contribution >= 0.6 is 22.9 Å². The van der Waals surface area contributed by atoms with Crippen molar-refractivity contribution in [3.63, 3.8) is 0 Å². The maximum absolute atomic E-state index is 10.4. The Balaban J connectivity index is 2.28. The third-order valence-electron chi connectivity index (χ3n) is 2.96. The Bertz CT molecular complexity index is 466. The first-order valence-corrected chi connectivity index (χ1v) is 6.95. The fraction of sp³-hybridized carbons (Fsp3) is 0.286. The van der Waals surface area contributed by atoms with Crippen molar-refractivity contribution in [2.24, 2.45) is 0 Å². The lowest BCUT2D eigenvalue weighted by atomic mass is 9.90. The number of aliphatic hydroxyl groups is 1. The summed E-state index contributed by atoms with van der Waals surface area (Å²) in [4.78, 5) is 0.863. The van der Waals surface area contributed by atoms with Gasteiger partial charge in [0.2, 0.25) is 0 Å². The Kier molecular flexibility index (Phi) is 4.21. The first-order valence-electron chi connectivity index (χ1n) is 5.70. The fourth-order valence-corrected chi connectivity index (χ4v) is 3.26. The van der Waals surface area contributed by atoms with Gasteiger partial charge in [-0.25, -0.2) is 0 Å². The lowest BCUT2D eigenvalue weighted by molar-refractivity contribution is 0.146. The first kappa shape index (κ1) is 12.6. The van der Waals surface area contributed by atoms with Crippen LogP contribution in [0.1, 0.15) is 35.8 Å². The molecule has 2 rings (SSSR count). The van der Waals surface area contributed by atoms with Gasteiger partial charge < -0.3 is 5.11 Å². The molecule has 0 saturated heterocycles. The van der Waals surface area contributed by atoms with Crippen LogP contribution in [0.3, 0.4) is 0 Å². The molecule has 90 valence electrons.